The van der Waals surface area contributed by atoms with Gasteiger partial charge in [0.25, 0.3) is 0 Å². The predicted octanol–water partition coefficient (Wildman–Crippen LogP) is 4.49. The Morgan fingerprint density at radius 1 is 0.955 bits per heavy atom. The number of nitrogens with zero attached hydrogens (tertiary/aromatic N) is 4. The van der Waals surface area contributed by atoms with Crippen molar-refractivity contribution in [1.29, 1.82) is 0 Å². The van der Waals surface area contributed by atoms with E-state index in [1.54, 1.807) is 25.1 Å². The number of carbonyl (C=O) groups excluding carboxylic acids is 1. The number of fused-ring (bicyclic) bond motifs is 2. The minimum atomic E-state index is -5.26. The summed E-state index contributed by atoms with van der Waals surface area (Å²) >= 11 is 0. The van der Waals surface area contributed by atoms with Crippen LogP contribution in [0.15, 0.2) is 30.3 Å². The van der Waals surface area contributed by atoms with Gasteiger partial charge in [-0.3, -0.25) is 5.32 Å². The highest BCUT2D eigenvalue weighted by molar-refractivity contribution is 5.90. The van der Waals surface area contributed by atoms with Crippen molar-refractivity contribution in [3.63, 3.8) is 0 Å². The minimum absolute atomic E-state index is 0.0130. The van der Waals surface area contributed by atoms with Gasteiger partial charge in [-0.15, -0.1) is 0 Å². The maximum absolute atomic E-state index is 13.1. The Morgan fingerprint density at radius 2 is 1.64 bits per heavy atom. The molecular weight excluding hydrogens is 585 g/mol. The van der Waals surface area contributed by atoms with Crippen LogP contribution in [0.2, 0.25) is 0 Å². The zero-order chi connectivity index (χ0) is 32.0. The molecule has 0 spiro atoms. The van der Waals surface area contributed by atoms with Gasteiger partial charge in [0.1, 0.15) is 12.4 Å². The number of esters is 1. The number of methoxy groups -OCH3 is 2. The molecule has 1 unspecified atom stereocenters. The number of anilines is 2. The molecule has 0 aliphatic heterocycles. The monoisotopic (exact) mass is 618 g/mol. The molecule has 0 saturated carbocycles. The average Bonchev–Trinajstić information content (AvgIpc) is 2.97. The molecular formula is C29H33F3N6O6. The topological polar surface area (TPSA) is 150 Å². The van der Waals surface area contributed by atoms with Crippen molar-refractivity contribution in [3.05, 3.63) is 36.0 Å². The smallest absolute Gasteiger partial charge is 0.491 e. The summed E-state index contributed by atoms with van der Waals surface area (Å²) in [4.78, 5) is 29.0. The van der Waals surface area contributed by atoms with E-state index in [9.17, 15) is 23.1 Å². The fourth-order valence-electron chi connectivity index (χ4n) is 4.44. The minimum Gasteiger partial charge on any atom is -0.493 e. The molecule has 2 aromatic carbocycles. The summed E-state index contributed by atoms with van der Waals surface area (Å²) in [6.45, 7) is 6.43. The van der Waals surface area contributed by atoms with E-state index in [1.165, 1.54) is 26.4 Å². The third-order valence-corrected chi connectivity index (χ3v) is 6.45. The number of aromatic nitrogens is 4. The van der Waals surface area contributed by atoms with E-state index in [2.05, 4.69) is 35.3 Å². The quantitative estimate of drug-likeness (QED) is 0.143. The number of hydrogen-bond acceptors (Lipinski definition) is 12. The van der Waals surface area contributed by atoms with E-state index < -0.39 is 18.0 Å². The van der Waals surface area contributed by atoms with E-state index in [0.29, 0.717) is 40.6 Å². The van der Waals surface area contributed by atoms with E-state index in [1.807, 2.05) is 13.8 Å². The summed E-state index contributed by atoms with van der Waals surface area (Å²) < 4.78 is 60.5. The first-order valence-corrected chi connectivity index (χ1v) is 13.7. The molecule has 236 valence electrons. The Bertz CT molecular complexity index is 1640. The number of ether oxygens (including phenoxy) is 4. The Kier molecular flexibility index (Phi) is 10.2. The molecule has 1 atom stereocenters. The van der Waals surface area contributed by atoms with Crippen LogP contribution in [-0.2, 0) is 4.79 Å². The van der Waals surface area contributed by atoms with Crippen LogP contribution < -0.4 is 29.6 Å². The van der Waals surface area contributed by atoms with Crippen LogP contribution in [0.1, 0.15) is 26.0 Å². The van der Waals surface area contributed by atoms with Crippen molar-refractivity contribution < 1.29 is 42.0 Å². The standard InChI is InChI=1S/C29H33F3N6O6/c1-15(2)10-17(14-39)33-8-9-43-18-6-7-21-20(11-18)25(44-26(40)29(30,31)32)37-28(35-21)38-27-34-16(3)19-12-23(41-4)24(42-5)13-22(19)36-27/h6-7,11-13,15,17,33,39H,8-10,14H2,1-5H3,(H,34,35,36,37,38). The Balaban J connectivity index is 1.63. The highest BCUT2D eigenvalue weighted by Gasteiger charge is 2.42. The number of nitrogens with one attached hydrogen (secondary N) is 2. The second-order valence-corrected chi connectivity index (χ2v) is 10.2. The second-order valence-electron chi connectivity index (χ2n) is 10.2. The van der Waals surface area contributed by atoms with Gasteiger partial charge < -0.3 is 29.4 Å². The Morgan fingerprint density at radius 3 is 2.30 bits per heavy atom. The lowest BCUT2D eigenvalue weighted by atomic mass is 10.0. The van der Waals surface area contributed by atoms with Gasteiger partial charge in [0.15, 0.2) is 11.5 Å². The van der Waals surface area contributed by atoms with Crippen LogP contribution in [0.25, 0.3) is 21.8 Å². The molecule has 0 amide bonds. The third-order valence-electron chi connectivity index (χ3n) is 6.45. The average molecular weight is 619 g/mol. The van der Waals surface area contributed by atoms with Crippen molar-refractivity contribution in [2.75, 3.05) is 39.3 Å². The number of aryl methyl sites for hydroxylation is 1. The lowest BCUT2D eigenvalue weighted by Gasteiger charge is -2.18. The molecule has 0 fully saturated rings. The van der Waals surface area contributed by atoms with Crippen molar-refractivity contribution in [3.8, 4) is 23.1 Å². The molecule has 12 nitrogen and oxygen atoms in total. The van der Waals surface area contributed by atoms with Crippen molar-refractivity contribution in [1.82, 2.24) is 25.3 Å². The first kappa shape index (κ1) is 32.4. The van der Waals surface area contributed by atoms with Crippen LogP contribution in [0.4, 0.5) is 25.1 Å². The number of rotatable bonds is 13. The number of aliphatic hydroxyl groups is 1. The molecule has 15 heteroatoms. The van der Waals surface area contributed by atoms with Gasteiger partial charge in [0.05, 0.1) is 42.9 Å². The third kappa shape index (κ3) is 7.90. The van der Waals surface area contributed by atoms with E-state index in [-0.39, 0.29) is 47.8 Å². The number of benzene rings is 2. The number of alkyl halides is 3. The van der Waals surface area contributed by atoms with Crippen molar-refractivity contribution >= 4 is 39.7 Å². The van der Waals surface area contributed by atoms with Crippen LogP contribution in [-0.4, -0.2) is 77.2 Å². The number of halogens is 3. The lowest BCUT2D eigenvalue weighted by molar-refractivity contribution is -0.189. The summed E-state index contributed by atoms with van der Waals surface area (Å²) in [7, 11) is 2.99. The molecule has 0 aliphatic rings. The van der Waals surface area contributed by atoms with Crippen LogP contribution in [0, 0.1) is 12.8 Å². The molecule has 0 bridgehead atoms. The van der Waals surface area contributed by atoms with Gasteiger partial charge >= 0.3 is 12.1 Å². The van der Waals surface area contributed by atoms with E-state index in [0.717, 1.165) is 6.42 Å². The maximum Gasteiger partial charge on any atom is 0.491 e. The van der Waals surface area contributed by atoms with Gasteiger partial charge in [-0.25, -0.2) is 19.7 Å². The molecule has 44 heavy (non-hydrogen) atoms. The predicted molar refractivity (Wildman–Crippen MR) is 156 cm³/mol. The highest BCUT2D eigenvalue weighted by atomic mass is 19.4. The summed E-state index contributed by atoms with van der Waals surface area (Å²) in [5.74, 6) is -1.65. The summed E-state index contributed by atoms with van der Waals surface area (Å²) in [6, 6.07) is 7.73. The van der Waals surface area contributed by atoms with E-state index in [4.69, 9.17) is 14.2 Å². The summed E-state index contributed by atoms with van der Waals surface area (Å²) in [6.07, 6.45) is -4.48. The molecule has 2 heterocycles. The summed E-state index contributed by atoms with van der Waals surface area (Å²) in [5.41, 5.74) is 1.22. The molecule has 3 N–H and O–H groups in total. The lowest BCUT2D eigenvalue weighted by Crippen LogP contribution is -2.36. The van der Waals surface area contributed by atoms with Gasteiger partial charge in [-0.2, -0.15) is 18.2 Å². The number of aliphatic hydroxyl groups excluding tert-OH is 1. The SMILES string of the molecule is COc1cc2nc(Nc3nc(OC(=O)C(F)(F)F)c4cc(OCCNC(CO)CC(C)C)ccc4n3)nc(C)c2cc1OC. The van der Waals surface area contributed by atoms with Gasteiger partial charge in [-0.05, 0) is 43.5 Å². The first-order chi connectivity index (χ1) is 20.9. The van der Waals surface area contributed by atoms with Gasteiger partial charge in [0.2, 0.25) is 17.8 Å². The van der Waals surface area contributed by atoms with Crippen molar-refractivity contribution in [2.24, 2.45) is 5.92 Å². The first-order valence-electron chi connectivity index (χ1n) is 13.7. The largest absolute Gasteiger partial charge is 0.493 e. The van der Waals surface area contributed by atoms with Crippen molar-refractivity contribution in [2.45, 2.75) is 39.4 Å². The normalized spacial score (nSPS) is 12.4. The van der Waals surface area contributed by atoms with Gasteiger partial charge in [0, 0.05) is 24.0 Å². The number of hydrogen-bond donors (Lipinski definition) is 3. The fourth-order valence-corrected chi connectivity index (χ4v) is 4.44. The Labute approximate surface area is 250 Å². The molecule has 0 aliphatic carbocycles. The molecule has 4 rings (SSSR count). The summed E-state index contributed by atoms with van der Waals surface area (Å²) in [5, 5.41) is 16.2. The van der Waals surface area contributed by atoms with Crippen LogP contribution in [0.3, 0.4) is 0 Å². The molecule has 2 aromatic heterocycles. The van der Waals surface area contributed by atoms with Crippen LogP contribution >= 0.6 is 0 Å². The maximum atomic E-state index is 13.1. The van der Waals surface area contributed by atoms with Gasteiger partial charge in [-0.1, -0.05) is 13.8 Å². The second kappa shape index (κ2) is 13.9. The highest BCUT2D eigenvalue weighted by Crippen LogP contribution is 2.34. The fraction of sp³-hybridized carbons (Fsp3) is 0.414. The number of carbonyl (C=O) groups is 1. The Hall–Kier alpha value is -4.50. The molecule has 0 saturated heterocycles. The molecule has 0 radical (unpaired) electrons. The van der Waals surface area contributed by atoms with E-state index >= 15 is 0 Å². The zero-order valence-corrected chi connectivity index (χ0v) is 24.8. The van der Waals surface area contributed by atoms with Crippen LogP contribution in [0.5, 0.6) is 23.1 Å². The molecule has 4 aromatic rings. The zero-order valence-electron chi connectivity index (χ0n) is 24.8.